The highest BCUT2D eigenvalue weighted by molar-refractivity contribution is 6.62. The van der Waals surface area contributed by atoms with Gasteiger partial charge in [-0.25, -0.2) is 14.8 Å². The number of hydrogen-bond donors (Lipinski definition) is 3. The predicted molar refractivity (Wildman–Crippen MR) is 67.3 cm³/mol. The molecule has 0 amide bonds. The van der Waals surface area contributed by atoms with Crippen molar-refractivity contribution in [2.24, 2.45) is 5.10 Å². The van der Waals surface area contributed by atoms with Crippen molar-refractivity contribution >= 4 is 29.0 Å². The van der Waals surface area contributed by atoms with Gasteiger partial charge >= 0.3 is 11.9 Å². The molecule has 0 fully saturated rings. The van der Waals surface area contributed by atoms with Crippen molar-refractivity contribution in [3.05, 3.63) is 29.5 Å². The Labute approximate surface area is 113 Å². The van der Waals surface area contributed by atoms with Gasteiger partial charge in [-0.05, 0) is 6.07 Å². The van der Waals surface area contributed by atoms with Crippen LogP contribution in [0.4, 0.5) is 11.4 Å². The Kier molecular flexibility index (Phi) is 5.59. The summed E-state index contributed by atoms with van der Waals surface area (Å²) in [5, 5.41) is 22.3. The van der Waals surface area contributed by atoms with Crippen LogP contribution >= 0.6 is 0 Å². The van der Waals surface area contributed by atoms with Crippen LogP contribution in [0.2, 0.25) is 0 Å². The zero-order chi connectivity index (χ0) is 15.1. The van der Waals surface area contributed by atoms with Gasteiger partial charge in [0.2, 0.25) is 0 Å². The fraction of sp³-hybridized carbons (Fsp3) is 0.182. The van der Waals surface area contributed by atoms with E-state index in [0.717, 1.165) is 14.2 Å². The van der Waals surface area contributed by atoms with E-state index in [-0.39, 0.29) is 11.4 Å². The Hall–Kier alpha value is -2.49. The predicted octanol–water partition coefficient (Wildman–Crippen LogP) is -0.796. The average Bonchev–Trinajstić information content (AvgIpc) is 2.46. The van der Waals surface area contributed by atoms with Gasteiger partial charge in [0.25, 0.3) is 5.71 Å². The molecule has 1 aromatic carbocycles. The third kappa shape index (κ3) is 3.75. The van der Waals surface area contributed by atoms with Crippen LogP contribution in [-0.2, 0) is 19.1 Å². The molecule has 0 radical (unpaired) electrons. The second-order valence-electron chi connectivity index (χ2n) is 3.41. The summed E-state index contributed by atoms with van der Waals surface area (Å²) in [5.74, 6) is -2.01. The highest BCUT2D eigenvalue weighted by Crippen LogP contribution is 2.16. The molecule has 0 saturated carbocycles. The standard InChI is InChI=1S/C11H13N3O6/c1-19-10(15)9(11(16)20-2)13-12-7-5-3-4-6-8(7)14(17)18/h3-6,12,14,17H,1-2H3. The number of benzene rings is 1. The molecule has 1 atom stereocenters. The van der Waals surface area contributed by atoms with E-state index in [4.69, 9.17) is 5.21 Å². The zero-order valence-corrected chi connectivity index (χ0v) is 10.7. The molecule has 1 rings (SSSR count). The number of ether oxygens (including phenoxy) is 2. The van der Waals surface area contributed by atoms with E-state index < -0.39 is 22.9 Å². The minimum absolute atomic E-state index is 0.0645. The van der Waals surface area contributed by atoms with Crippen molar-refractivity contribution in [1.29, 1.82) is 0 Å². The summed E-state index contributed by atoms with van der Waals surface area (Å²) in [6.45, 7) is 0. The van der Waals surface area contributed by atoms with Gasteiger partial charge < -0.3 is 14.7 Å². The average molecular weight is 283 g/mol. The summed E-state index contributed by atoms with van der Waals surface area (Å²) < 4.78 is 8.75. The van der Waals surface area contributed by atoms with Crippen molar-refractivity contribution in [2.75, 3.05) is 19.6 Å². The zero-order valence-electron chi connectivity index (χ0n) is 10.7. The lowest BCUT2D eigenvalue weighted by Crippen LogP contribution is -2.99. The summed E-state index contributed by atoms with van der Waals surface area (Å²) >= 11 is 0. The number of quaternary nitrogens is 1. The first-order valence-electron chi connectivity index (χ1n) is 5.34. The number of carbonyl (C=O) groups is 2. The van der Waals surface area contributed by atoms with Crippen LogP contribution in [0.25, 0.3) is 0 Å². The van der Waals surface area contributed by atoms with Crippen molar-refractivity contribution in [3.8, 4) is 0 Å². The number of rotatable bonds is 5. The first-order valence-corrected chi connectivity index (χ1v) is 5.34. The van der Waals surface area contributed by atoms with Crippen LogP contribution in [0.1, 0.15) is 0 Å². The molecule has 0 heterocycles. The van der Waals surface area contributed by atoms with Gasteiger partial charge in [0.1, 0.15) is 5.69 Å². The van der Waals surface area contributed by atoms with Crippen LogP contribution in [0, 0.1) is 5.21 Å². The monoisotopic (exact) mass is 283 g/mol. The molecule has 20 heavy (non-hydrogen) atoms. The molecular weight excluding hydrogens is 270 g/mol. The van der Waals surface area contributed by atoms with Gasteiger partial charge in [0, 0.05) is 6.07 Å². The topological polar surface area (TPSA) is 125 Å². The quantitative estimate of drug-likeness (QED) is 0.280. The minimum Gasteiger partial charge on any atom is -0.595 e. The van der Waals surface area contributed by atoms with Gasteiger partial charge in [-0.3, -0.25) is 5.43 Å². The van der Waals surface area contributed by atoms with E-state index in [1.165, 1.54) is 18.2 Å². The fourth-order valence-electron chi connectivity index (χ4n) is 1.25. The van der Waals surface area contributed by atoms with E-state index in [2.05, 4.69) is 20.0 Å². The molecule has 9 heteroatoms. The van der Waals surface area contributed by atoms with Gasteiger partial charge in [0.15, 0.2) is 5.69 Å². The normalized spacial score (nSPS) is 11.2. The highest BCUT2D eigenvalue weighted by atomic mass is 16.8. The van der Waals surface area contributed by atoms with Crippen molar-refractivity contribution in [3.63, 3.8) is 0 Å². The summed E-state index contributed by atoms with van der Waals surface area (Å²) in [5.41, 5.74) is 1.75. The lowest BCUT2D eigenvalue weighted by Gasteiger charge is -2.14. The number of carbonyl (C=O) groups excluding carboxylic acids is 2. The Morgan fingerprint density at radius 2 is 1.80 bits per heavy atom. The molecule has 0 aliphatic rings. The maximum Gasteiger partial charge on any atom is 0.366 e. The van der Waals surface area contributed by atoms with Crippen molar-refractivity contribution < 1.29 is 29.5 Å². The molecule has 3 N–H and O–H groups in total. The van der Waals surface area contributed by atoms with E-state index in [0.29, 0.717) is 0 Å². The number of nitrogens with one attached hydrogen (secondary N) is 2. The van der Waals surface area contributed by atoms with Crippen LogP contribution in [0.15, 0.2) is 29.4 Å². The van der Waals surface area contributed by atoms with Gasteiger partial charge in [-0.1, -0.05) is 12.1 Å². The molecule has 0 aromatic heterocycles. The number of anilines is 1. The molecule has 0 spiro atoms. The SMILES string of the molecule is COC(=O)C(=NNc1ccccc1[NH+]([O-])O)C(=O)OC. The second-order valence-corrected chi connectivity index (χ2v) is 3.41. The van der Waals surface area contributed by atoms with Gasteiger partial charge in [-0.2, -0.15) is 10.3 Å². The van der Waals surface area contributed by atoms with Crippen LogP contribution in [0.5, 0.6) is 0 Å². The Balaban J connectivity index is 3.04. The van der Waals surface area contributed by atoms with Crippen LogP contribution in [-0.4, -0.2) is 37.1 Å². The van der Waals surface area contributed by atoms with Gasteiger partial charge in [-0.15, -0.1) is 0 Å². The maximum atomic E-state index is 11.3. The maximum absolute atomic E-state index is 11.3. The van der Waals surface area contributed by atoms with Crippen LogP contribution in [0.3, 0.4) is 0 Å². The van der Waals surface area contributed by atoms with Gasteiger partial charge in [0.05, 0.1) is 14.2 Å². The number of para-hydroxylation sites is 2. The number of methoxy groups -OCH3 is 2. The number of hydrogen-bond acceptors (Lipinski definition) is 8. The molecule has 1 unspecified atom stereocenters. The summed E-state index contributed by atoms with van der Waals surface area (Å²) in [6.07, 6.45) is 0. The lowest BCUT2D eigenvalue weighted by molar-refractivity contribution is -0.990. The Morgan fingerprint density at radius 1 is 1.25 bits per heavy atom. The second kappa shape index (κ2) is 7.19. The first-order chi connectivity index (χ1) is 9.51. The van der Waals surface area contributed by atoms with Crippen molar-refractivity contribution in [2.45, 2.75) is 0 Å². The molecule has 0 saturated heterocycles. The number of nitrogens with zero attached hydrogens (tertiary/aromatic N) is 1. The molecule has 9 nitrogen and oxygen atoms in total. The van der Waals surface area contributed by atoms with E-state index in [9.17, 15) is 14.8 Å². The Morgan fingerprint density at radius 3 is 2.30 bits per heavy atom. The largest absolute Gasteiger partial charge is 0.595 e. The molecule has 1 aromatic rings. The highest BCUT2D eigenvalue weighted by Gasteiger charge is 2.22. The van der Waals surface area contributed by atoms with Crippen molar-refractivity contribution in [1.82, 2.24) is 0 Å². The molecule has 0 aliphatic carbocycles. The molecule has 108 valence electrons. The van der Waals surface area contributed by atoms with E-state index in [1.807, 2.05) is 0 Å². The fourth-order valence-corrected chi connectivity index (χ4v) is 1.25. The van der Waals surface area contributed by atoms with E-state index in [1.54, 1.807) is 6.07 Å². The van der Waals surface area contributed by atoms with E-state index >= 15 is 0 Å². The summed E-state index contributed by atoms with van der Waals surface area (Å²) in [6, 6.07) is 5.87. The third-order valence-corrected chi connectivity index (χ3v) is 2.20. The molecular formula is C11H13N3O6. The van der Waals surface area contributed by atoms with Crippen LogP contribution < -0.4 is 10.7 Å². The Bertz CT molecular complexity index is 511. The minimum atomic E-state index is -1.18. The molecule has 0 aliphatic heterocycles. The third-order valence-electron chi connectivity index (χ3n) is 2.20. The smallest absolute Gasteiger partial charge is 0.366 e. The number of hydrazone groups is 1. The first kappa shape index (κ1) is 15.6. The summed E-state index contributed by atoms with van der Waals surface area (Å²) in [7, 11) is 2.15. The summed E-state index contributed by atoms with van der Waals surface area (Å²) in [4.78, 5) is 22.7. The lowest BCUT2D eigenvalue weighted by atomic mass is 10.3. The molecule has 0 bridgehead atoms. The number of esters is 2.